The Morgan fingerprint density at radius 2 is 2.58 bits per heavy atom. The van der Waals surface area contributed by atoms with Gasteiger partial charge in [0.15, 0.2) is 0 Å². The Bertz CT molecular complexity index is 181. The van der Waals surface area contributed by atoms with Crippen molar-refractivity contribution in [3.63, 3.8) is 0 Å². The Morgan fingerprint density at radius 3 is 3.17 bits per heavy atom. The monoisotopic (exact) mass is 171 g/mol. The lowest BCUT2D eigenvalue weighted by Gasteiger charge is -2.19. The third-order valence-corrected chi connectivity index (χ3v) is 1.85. The molecular formula is C8H13NO3. The zero-order valence-corrected chi connectivity index (χ0v) is 6.90. The molecule has 0 aromatic carbocycles. The van der Waals surface area contributed by atoms with E-state index in [0.29, 0.717) is 19.6 Å². The molecule has 0 amide bonds. The van der Waals surface area contributed by atoms with E-state index >= 15 is 0 Å². The van der Waals surface area contributed by atoms with Crippen molar-refractivity contribution >= 4 is 5.97 Å². The number of carboxylic acid groups (broad SMARTS) is 1. The molecule has 68 valence electrons. The van der Waals surface area contributed by atoms with E-state index in [-0.39, 0.29) is 0 Å². The van der Waals surface area contributed by atoms with E-state index in [1.54, 1.807) is 6.08 Å². The summed E-state index contributed by atoms with van der Waals surface area (Å²) < 4.78 is 0. The second kappa shape index (κ2) is 4.23. The molecule has 1 atom stereocenters. The third-order valence-electron chi connectivity index (χ3n) is 1.85. The third kappa shape index (κ3) is 2.06. The smallest absolute Gasteiger partial charge is 0.323 e. The summed E-state index contributed by atoms with van der Waals surface area (Å²) in [5, 5.41) is 10.3. The van der Waals surface area contributed by atoms with E-state index in [1.165, 1.54) is 5.06 Å². The molecule has 0 radical (unpaired) electrons. The number of aliphatic carboxylic acids is 1. The topological polar surface area (TPSA) is 49.8 Å². The van der Waals surface area contributed by atoms with Crippen molar-refractivity contribution in [2.75, 3.05) is 13.2 Å². The second-order valence-electron chi connectivity index (χ2n) is 2.72. The molecule has 4 nitrogen and oxygen atoms in total. The van der Waals surface area contributed by atoms with Gasteiger partial charge < -0.3 is 5.11 Å². The van der Waals surface area contributed by atoms with Gasteiger partial charge in [0.25, 0.3) is 0 Å². The molecule has 1 rings (SSSR count). The summed E-state index contributed by atoms with van der Waals surface area (Å²) in [5.74, 6) is -0.809. The Kier molecular flexibility index (Phi) is 3.25. The highest BCUT2D eigenvalue weighted by atomic mass is 16.7. The maximum absolute atomic E-state index is 10.6. The van der Waals surface area contributed by atoms with Crippen LogP contribution in [0.15, 0.2) is 12.7 Å². The first-order valence-corrected chi connectivity index (χ1v) is 3.99. The molecule has 1 aliphatic rings. The van der Waals surface area contributed by atoms with Gasteiger partial charge >= 0.3 is 5.97 Å². The Hall–Kier alpha value is -0.870. The maximum Gasteiger partial charge on any atom is 0.323 e. The predicted molar refractivity (Wildman–Crippen MR) is 43.5 cm³/mol. The molecule has 1 saturated heterocycles. The first-order valence-electron chi connectivity index (χ1n) is 3.99. The molecule has 4 heteroatoms. The Labute approximate surface area is 71.4 Å². The zero-order chi connectivity index (χ0) is 8.97. The van der Waals surface area contributed by atoms with Crippen LogP contribution in [0, 0.1) is 0 Å². The first-order chi connectivity index (χ1) is 5.75. The van der Waals surface area contributed by atoms with E-state index in [1.807, 2.05) is 0 Å². The van der Waals surface area contributed by atoms with Crippen molar-refractivity contribution in [3.8, 4) is 0 Å². The number of hydrogen-bond acceptors (Lipinski definition) is 3. The minimum absolute atomic E-state index is 0.379. The fourth-order valence-electron chi connectivity index (χ4n) is 1.29. The molecule has 1 N–H and O–H groups in total. The number of hydrogen-bond donors (Lipinski definition) is 1. The minimum Gasteiger partial charge on any atom is -0.480 e. The number of carbonyl (C=O) groups is 1. The first kappa shape index (κ1) is 9.22. The number of carboxylic acids is 1. The molecule has 0 bridgehead atoms. The van der Waals surface area contributed by atoms with E-state index in [9.17, 15) is 4.79 Å². The van der Waals surface area contributed by atoms with Gasteiger partial charge in [-0.15, -0.1) is 6.58 Å². The summed E-state index contributed by atoms with van der Waals surface area (Å²) >= 11 is 0. The van der Waals surface area contributed by atoms with Gasteiger partial charge in [-0.2, -0.15) is 5.06 Å². The van der Waals surface area contributed by atoms with Crippen molar-refractivity contribution in [2.24, 2.45) is 0 Å². The molecule has 1 fully saturated rings. The fraction of sp³-hybridized carbons (Fsp3) is 0.625. The molecular weight excluding hydrogens is 158 g/mol. The van der Waals surface area contributed by atoms with Gasteiger partial charge in [0.2, 0.25) is 0 Å². The van der Waals surface area contributed by atoms with Gasteiger partial charge in [-0.05, 0) is 12.8 Å². The van der Waals surface area contributed by atoms with E-state index < -0.39 is 12.0 Å². The summed E-state index contributed by atoms with van der Waals surface area (Å²) in [6.45, 7) is 4.57. The van der Waals surface area contributed by atoms with E-state index in [4.69, 9.17) is 9.94 Å². The standard InChI is InChI=1S/C8H13NO3/c1-2-6-12-9-5-3-4-7(9)8(10)11/h2,7H,1,3-6H2,(H,10,11). The lowest BCUT2D eigenvalue weighted by atomic mass is 10.2. The zero-order valence-electron chi connectivity index (χ0n) is 6.90. The highest BCUT2D eigenvalue weighted by Gasteiger charge is 2.30. The molecule has 0 aromatic rings. The highest BCUT2D eigenvalue weighted by Crippen LogP contribution is 2.17. The van der Waals surface area contributed by atoms with Crippen LogP contribution in [0.3, 0.4) is 0 Å². The van der Waals surface area contributed by atoms with Gasteiger partial charge in [0.1, 0.15) is 6.04 Å². The van der Waals surface area contributed by atoms with Crippen LogP contribution in [-0.2, 0) is 9.63 Å². The van der Waals surface area contributed by atoms with Crippen LogP contribution in [0.5, 0.6) is 0 Å². The average Bonchev–Trinajstić information content (AvgIpc) is 2.48. The molecule has 1 heterocycles. The maximum atomic E-state index is 10.6. The summed E-state index contributed by atoms with van der Waals surface area (Å²) in [6, 6.07) is -0.468. The molecule has 0 saturated carbocycles. The lowest BCUT2D eigenvalue weighted by Crippen LogP contribution is -2.35. The van der Waals surface area contributed by atoms with Gasteiger partial charge in [0.05, 0.1) is 6.61 Å². The summed E-state index contributed by atoms with van der Waals surface area (Å²) in [4.78, 5) is 15.8. The fourth-order valence-corrected chi connectivity index (χ4v) is 1.29. The van der Waals surface area contributed by atoms with Gasteiger partial charge in [-0.1, -0.05) is 6.08 Å². The quantitative estimate of drug-likeness (QED) is 0.631. The minimum atomic E-state index is -0.809. The van der Waals surface area contributed by atoms with Crippen molar-refractivity contribution in [3.05, 3.63) is 12.7 Å². The predicted octanol–water partition coefficient (Wildman–Crippen LogP) is 0.653. The van der Waals surface area contributed by atoms with Crippen LogP contribution >= 0.6 is 0 Å². The largest absolute Gasteiger partial charge is 0.480 e. The van der Waals surface area contributed by atoms with Crippen LogP contribution in [0.25, 0.3) is 0 Å². The van der Waals surface area contributed by atoms with Crippen LogP contribution in [-0.4, -0.2) is 35.3 Å². The highest BCUT2D eigenvalue weighted by molar-refractivity contribution is 5.73. The van der Waals surface area contributed by atoms with Gasteiger partial charge in [-0.3, -0.25) is 9.63 Å². The molecule has 12 heavy (non-hydrogen) atoms. The molecule has 1 unspecified atom stereocenters. The molecule has 0 spiro atoms. The molecule has 0 aliphatic carbocycles. The van der Waals surface area contributed by atoms with Crippen molar-refractivity contribution in [1.82, 2.24) is 5.06 Å². The Balaban J connectivity index is 2.40. The number of nitrogens with zero attached hydrogens (tertiary/aromatic N) is 1. The summed E-state index contributed by atoms with van der Waals surface area (Å²) in [6.07, 6.45) is 3.16. The summed E-state index contributed by atoms with van der Waals surface area (Å²) in [5.41, 5.74) is 0. The lowest BCUT2D eigenvalue weighted by molar-refractivity contribution is -0.180. The van der Waals surface area contributed by atoms with Crippen molar-refractivity contribution in [1.29, 1.82) is 0 Å². The SMILES string of the molecule is C=CCON1CCCC1C(=O)O. The average molecular weight is 171 g/mol. The molecule has 0 aromatic heterocycles. The van der Waals surface area contributed by atoms with Crippen molar-refractivity contribution in [2.45, 2.75) is 18.9 Å². The van der Waals surface area contributed by atoms with Gasteiger partial charge in [0, 0.05) is 6.54 Å². The van der Waals surface area contributed by atoms with E-state index in [0.717, 1.165) is 6.42 Å². The molecule has 1 aliphatic heterocycles. The number of rotatable bonds is 4. The Morgan fingerprint density at radius 1 is 1.83 bits per heavy atom. The number of hydroxylamine groups is 2. The van der Waals surface area contributed by atoms with Crippen LogP contribution in [0.2, 0.25) is 0 Å². The van der Waals surface area contributed by atoms with Gasteiger partial charge in [-0.25, -0.2) is 0 Å². The van der Waals surface area contributed by atoms with Crippen LogP contribution in [0.4, 0.5) is 0 Å². The summed E-state index contributed by atoms with van der Waals surface area (Å²) in [7, 11) is 0. The van der Waals surface area contributed by atoms with Crippen LogP contribution in [0.1, 0.15) is 12.8 Å². The van der Waals surface area contributed by atoms with Crippen LogP contribution < -0.4 is 0 Å². The van der Waals surface area contributed by atoms with E-state index in [2.05, 4.69) is 6.58 Å². The second-order valence-corrected chi connectivity index (χ2v) is 2.72. The normalized spacial score (nSPS) is 24.2. The van der Waals surface area contributed by atoms with Crippen molar-refractivity contribution < 1.29 is 14.7 Å².